The van der Waals surface area contributed by atoms with Crippen molar-refractivity contribution in [3.05, 3.63) is 87.7 Å². The van der Waals surface area contributed by atoms with Gasteiger partial charge in [-0.2, -0.15) is 0 Å². The van der Waals surface area contributed by atoms with Crippen LogP contribution in [0.15, 0.2) is 60.8 Å². The van der Waals surface area contributed by atoms with Gasteiger partial charge in [0.15, 0.2) is 0 Å². The van der Waals surface area contributed by atoms with Gasteiger partial charge >= 0.3 is 24.8 Å². The molecule has 0 saturated carbocycles. The molecule has 3 aromatic rings. The summed E-state index contributed by atoms with van der Waals surface area (Å²) in [6, 6.07) is 14.2. The first-order valence-corrected chi connectivity index (χ1v) is 8.86. The summed E-state index contributed by atoms with van der Waals surface area (Å²) < 4.78 is 5.59. The topological polar surface area (TPSA) is 88.5 Å². The van der Waals surface area contributed by atoms with E-state index in [0.29, 0.717) is 16.5 Å². The zero-order valence-electron chi connectivity index (χ0n) is 16.4. The summed E-state index contributed by atoms with van der Waals surface area (Å²) in [5, 5.41) is 12.6. The summed E-state index contributed by atoms with van der Waals surface area (Å²) in [5.41, 5.74) is 0.887. The molecule has 0 unspecified atom stereocenters. The molecular weight excluding hydrogens is 410 g/mol. The van der Waals surface area contributed by atoms with E-state index in [1.165, 1.54) is 30.3 Å². The van der Waals surface area contributed by atoms with Gasteiger partial charge in [-0.15, -0.1) is 0 Å². The Morgan fingerprint density at radius 1 is 1.07 bits per heavy atom. The molecule has 1 aromatic heterocycles. The normalized spacial score (nSPS) is 10.0. The van der Waals surface area contributed by atoms with Crippen molar-refractivity contribution < 1.29 is 39.7 Å². The minimum atomic E-state index is -1.21. The minimum absolute atomic E-state index is 0. The SMILES string of the molecule is O=C(Nc1ccc(OCc2ccccn2)cc1C(=O)O)c1ccc(Cl)cc1Cl.[H-].[Li+]. The number of carbonyl (C=O) groups excluding carboxylic acids is 1. The Morgan fingerprint density at radius 3 is 2.52 bits per heavy atom. The maximum atomic E-state index is 12.4. The van der Waals surface area contributed by atoms with Crippen LogP contribution in [-0.4, -0.2) is 22.0 Å². The van der Waals surface area contributed by atoms with Gasteiger partial charge in [-0.3, -0.25) is 9.78 Å². The number of aromatic nitrogens is 1. The van der Waals surface area contributed by atoms with Crippen molar-refractivity contribution >= 4 is 40.8 Å². The molecule has 0 saturated heterocycles. The molecule has 6 nitrogen and oxygen atoms in total. The number of nitrogens with zero attached hydrogens (tertiary/aromatic N) is 1. The number of nitrogens with one attached hydrogen (secondary N) is 1. The number of hydrogen-bond acceptors (Lipinski definition) is 4. The summed E-state index contributed by atoms with van der Waals surface area (Å²) >= 11 is 11.9. The smallest absolute Gasteiger partial charge is 1.00 e. The third-order valence-corrected chi connectivity index (χ3v) is 4.31. The van der Waals surface area contributed by atoms with Crippen molar-refractivity contribution in [1.29, 1.82) is 0 Å². The van der Waals surface area contributed by atoms with E-state index in [0.717, 1.165) is 0 Å². The predicted molar refractivity (Wildman–Crippen MR) is 107 cm³/mol. The van der Waals surface area contributed by atoms with Crippen molar-refractivity contribution in [3.63, 3.8) is 0 Å². The van der Waals surface area contributed by atoms with Gasteiger partial charge in [0.05, 0.1) is 27.5 Å². The van der Waals surface area contributed by atoms with E-state index >= 15 is 0 Å². The third-order valence-electron chi connectivity index (χ3n) is 3.76. The average Bonchev–Trinajstić information content (AvgIpc) is 2.67. The van der Waals surface area contributed by atoms with Crippen molar-refractivity contribution in [2.45, 2.75) is 6.61 Å². The van der Waals surface area contributed by atoms with Crippen molar-refractivity contribution in [1.82, 2.24) is 4.98 Å². The molecule has 29 heavy (non-hydrogen) atoms. The second kappa shape index (κ2) is 10.3. The van der Waals surface area contributed by atoms with E-state index in [9.17, 15) is 14.7 Å². The fraction of sp³-hybridized carbons (Fsp3) is 0.0500. The summed E-state index contributed by atoms with van der Waals surface area (Å²) in [5.74, 6) is -1.42. The van der Waals surface area contributed by atoms with Crippen LogP contribution in [0.5, 0.6) is 5.75 Å². The van der Waals surface area contributed by atoms with Gasteiger partial charge in [-0.1, -0.05) is 29.3 Å². The maximum absolute atomic E-state index is 12.4. The van der Waals surface area contributed by atoms with Gasteiger partial charge in [0.2, 0.25) is 0 Å². The molecular formula is C20H15Cl2LiN2O4. The van der Waals surface area contributed by atoms with E-state index in [2.05, 4.69) is 10.3 Å². The number of pyridine rings is 1. The van der Waals surface area contributed by atoms with Crippen LogP contribution in [0.3, 0.4) is 0 Å². The van der Waals surface area contributed by atoms with Gasteiger partial charge in [-0.25, -0.2) is 4.79 Å². The summed E-state index contributed by atoms with van der Waals surface area (Å²) in [6.07, 6.45) is 1.64. The van der Waals surface area contributed by atoms with Crippen LogP contribution in [0.4, 0.5) is 5.69 Å². The molecule has 0 atom stereocenters. The molecule has 1 heterocycles. The summed E-state index contributed by atoms with van der Waals surface area (Å²) in [7, 11) is 0. The molecule has 1 amide bonds. The van der Waals surface area contributed by atoms with E-state index in [1.807, 2.05) is 6.07 Å². The van der Waals surface area contributed by atoms with Gasteiger partial charge in [0.25, 0.3) is 5.91 Å². The maximum Gasteiger partial charge on any atom is 1.00 e. The largest absolute Gasteiger partial charge is 1.00 e. The fourth-order valence-electron chi connectivity index (χ4n) is 2.40. The first-order chi connectivity index (χ1) is 13.4. The Hall–Kier alpha value is -2.49. The van der Waals surface area contributed by atoms with Crippen LogP contribution >= 0.6 is 23.2 Å². The number of carboxylic acid groups (broad SMARTS) is 1. The van der Waals surface area contributed by atoms with E-state index in [1.54, 1.807) is 24.4 Å². The molecule has 0 aliphatic carbocycles. The Bertz CT molecular complexity index is 1040. The molecule has 0 aliphatic heterocycles. The number of rotatable bonds is 6. The standard InChI is InChI=1S/C20H14Cl2N2O4.Li.H/c21-12-4-6-15(17(22)9-12)19(25)24-18-7-5-14(10-16(18)20(26)27)28-11-13-3-1-2-8-23-13;;/h1-10H,11H2,(H,24,25)(H,26,27);;/q;+1;-1. The van der Waals surface area contributed by atoms with Gasteiger partial charge in [0.1, 0.15) is 12.4 Å². The zero-order chi connectivity index (χ0) is 20.1. The second-order valence-corrected chi connectivity index (χ2v) is 6.54. The summed E-state index contributed by atoms with van der Waals surface area (Å²) in [6.45, 7) is 0.186. The summed E-state index contributed by atoms with van der Waals surface area (Å²) in [4.78, 5) is 28.2. The fourth-order valence-corrected chi connectivity index (χ4v) is 2.90. The van der Waals surface area contributed by atoms with E-state index in [4.69, 9.17) is 27.9 Å². The van der Waals surface area contributed by atoms with Crippen molar-refractivity contribution in [2.24, 2.45) is 0 Å². The van der Waals surface area contributed by atoms with Crippen molar-refractivity contribution in [3.8, 4) is 5.75 Å². The number of hydrogen-bond donors (Lipinski definition) is 2. The molecule has 0 fully saturated rings. The molecule has 2 aromatic carbocycles. The average molecular weight is 425 g/mol. The van der Waals surface area contributed by atoms with E-state index < -0.39 is 11.9 Å². The Kier molecular flexibility index (Phi) is 8.12. The third kappa shape index (κ3) is 5.99. The van der Waals surface area contributed by atoms with Gasteiger partial charge < -0.3 is 16.6 Å². The van der Waals surface area contributed by atoms with Gasteiger partial charge in [-0.05, 0) is 48.5 Å². The molecule has 0 bridgehead atoms. The van der Waals surface area contributed by atoms with Crippen LogP contribution in [0.25, 0.3) is 0 Å². The molecule has 2 N–H and O–H groups in total. The number of carbonyl (C=O) groups is 2. The monoisotopic (exact) mass is 424 g/mol. The Labute approximate surface area is 190 Å². The number of benzene rings is 2. The van der Waals surface area contributed by atoms with Crippen molar-refractivity contribution in [2.75, 3.05) is 5.32 Å². The van der Waals surface area contributed by atoms with Crippen LogP contribution in [-0.2, 0) is 6.61 Å². The van der Waals surface area contributed by atoms with Crippen LogP contribution in [0.1, 0.15) is 27.8 Å². The first kappa shape index (κ1) is 22.8. The number of amides is 1. The predicted octanol–water partition coefficient (Wildman–Crippen LogP) is 2.03. The minimum Gasteiger partial charge on any atom is -1.00 e. The zero-order valence-corrected chi connectivity index (χ0v) is 16.9. The molecule has 0 radical (unpaired) electrons. The van der Waals surface area contributed by atoms with Crippen LogP contribution in [0, 0.1) is 0 Å². The number of carboxylic acids is 1. The Morgan fingerprint density at radius 2 is 1.86 bits per heavy atom. The number of halogens is 2. The molecule has 0 aliphatic rings. The van der Waals surface area contributed by atoms with Gasteiger partial charge in [0, 0.05) is 11.2 Å². The van der Waals surface area contributed by atoms with Crippen LogP contribution in [0.2, 0.25) is 10.0 Å². The molecule has 3 rings (SSSR count). The number of ether oxygens (including phenoxy) is 1. The molecule has 144 valence electrons. The number of aromatic carboxylic acids is 1. The van der Waals surface area contributed by atoms with E-state index in [-0.39, 0.29) is 48.7 Å². The number of anilines is 1. The first-order valence-electron chi connectivity index (χ1n) is 8.10. The van der Waals surface area contributed by atoms with Crippen LogP contribution < -0.4 is 28.9 Å². The Balaban J connectivity index is 0.00000225. The quantitative estimate of drug-likeness (QED) is 0.591. The second-order valence-electron chi connectivity index (χ2n) is 5.70. The molecule has 9 heteroatoms. The molecule has 0 spiro atoms.